The van der Waals surface area contributed by atoms with E-state index in [0.717, 1.165) is 0 Å². The molecule has 0 aromatic heterocycles. The Bertz CT molecular complexity index is 129. The van der Waals surface area contributed by atoms with Crippen LogP contribution in [0.4, 0.5) is 0 Å². The van der Waals surface area contributed by atoms with Crippen molar-refractivity contribution in [1.82, 2.24) is 0 Å². The summed E-state index contributed by atoms with van der Waals surface area (Å²) < 4.78 is 4.78. The fraction of sp³-hybridized carbons (Fsp3) is 0.833. The van der Waals surface area contributed by atoms with E-state index in [2.05, 4.69) is 0 Å². The molecule has 0 fully saturated rings. The van der Waals surface area contributed by atoms with Crippen LogP contribution in [0.25, 0.3) is 0 Å². The highest BCUT2D eigenvalue weighted by molar-refractivity contribution is 6.24. The molecule has 0 aromatic rings. The van der Waals surface area contributed by atoms with Crippen LogP contribution in [-0.4, -0.2) is 23.3 Å². The van der Waals surface area contributed by atoms with Crippen LogP contribution >= 0.6 is 34.8 Å². The van der Waals surface area contributed by atoms with Crippen molar-refractivity contribution in [3.63, 3.8) is 0 Å². The highest BCUT2D eigenvalue weighted by Crippen LogP contribution is 2.15. The molecular weight excluding hydrogens is 210 g/mol. The molecule has 2 nitrogen and oxygen atoms in total. The summed E-state index contributed by atoms with van der Waals surface area (Å²) in [5.41, 5.74) is -0.720. The second kappa shape index (κ2) is 6.06. The summed E-state index contributed by atoms with van der Waals surface area (Å²) in [6, 6.07) is -0.0329. The number of halogens is 3. The van der Waals surface area contributed by atoms with Crippen molar-refractivity contribution in [3.8, 4) is 0 Å². The summed E-state index contributed by atoms with van der Waals surface area (Å²) >= 11 is 16.3. The number of hydrogen-bond acceptors (Lipinski definition) is 2. The molecule has 66 valence electrons. The van der Waals surface area contributed by atoms with Gasteiger partial charge in [0.2, 0.25) is 0 Å². The molecule has 0 saturated heterocycles. The van der Waals surface area contributed by atoms with Gasteiger partial charge in [0.25, 0.3) is 0 Å². The summed E-state index contributed by atoms with van der Waals surface area (Å²) in [7, 11) is 0. The lowest BCUT2D eigenvalue weighted by atomic mass is 10.1. The van der Waals surface area contributed by atoms with E-state index >= 15 is 0 Å². The summed E-state index contributed by atoms with van der Waals surface area (Å²) in [4.78, 5) is 10.8. The number of hydrogen-bond donors (Lipinski definition) is 0. The number of carbonyl (C=O) groups excluding carboxylic acids is 1. The summed E-state index contributed by atoms with van der Waals surface area (Å²) in [5, 5.41) is 0. The molecule has 0 radical (unpaired) electrons. The number of alkyl halides is 3. The number of rotatable bonds is 5. The Morgan fingerprint density at radius 1 is 1.55 bits per heavy atom. The van der Waals surface area contributed by atoms with E-state index in [1.54, 1.807) is 0 Å². The Morgan fingerprint density at radius 3 is 2.36 bits per heavy atom. The van der Waals surface area contributed by atoms with E-state index in [0.29, 0.717) is 0 Å². The molecule has 0 aliphatic heterocycles. The molecule has 0 saturated carbocycles. The molecule has 0 amide bonds. The van der Waals surface area contributed by atoms with Crippen LogP contribution in [0.15, 0.2) is 0 Å². The van der Waals surface area contributed by atoms with E-state index in [1.807, 2.05) is 0 Å². The zero-order valence-electron chi connectivity index (χ0n) is 6.02. The van der Waals surface area contributed by atoms with Crippen molar-refractivity contribution in [2.45, 2.75) is 12.5 Å². The normalized spacial score (nSPS) is 16.0. The molecule has 0 bridgehead atoms. The molecule has 0 aromatic carbocycles. The number of Topliss-reactive ketones (excluding diaryl/α,β-unsaturated/α-hetero) is 1. The van der Waals surface area contributed by atoms with E-state index in [1.165, 1.54) is 6.92 Å². The van der Waals surface area contributed by atoms with Gasteiger partial charge in [-0.3, -0.25) is 4.79 Å². The van der Waals surface area contributed by atoms with Crippen LogP contribution in [0.3, 0.4) is 0 Å². The largest absolute Gasteiger partial charge is 0.346 e. The maximum atomic E-state index is 10.8. The lowest BCUT2D eigenvalue weighted by molar-refractivity contribution is -0.122. The quantitative estimate of drug-likeness (QED) is 0.663. The van der Waals surface area contributed by atoms with Crippen LogP contribution in [0, 0.1) is 5.92 Å². The molecule has 0 rings (SSSR count). The minimum Gasteiger partial charge on any atom is -0.346 e. The highest BCUT2D eigenvalue weighted by Gasteiger charge is 2.22. The first-order valence-corrected chi connectivity index (χ1v) is 4.52. The van der Waals surface area contributed by atoms with Gasteiger partial charge in [0.05, 0.1) is 5.92 Å². The van der Waals surface area contributed by atoms with Gasteiger partial charge in [-0.2, -0.15) is 0 Å². The van der Waals surface area contributed by atoms with Crippen LogP contribution < -0.4 is 0 Å². The lowest BCUT2D eigenvalue weighted by Gasteiger charge is -2.15. The fourth-order valence-electron chi connectivity index (χ4n) is 0.540. The third kappa shape index (κ3) is 4.16. The summed E-state index contributed by atoms with van der Waals surface area (Å²) in [5.74, 6) is -0.414. The highest BCUT2D eigenvalue weighted by atomic mass is 35.5. The monoisotopic (exact) mass is 218 g/mol. The smallest absolute Gasteiger partial charge is 0.143 e. The van der Waals surface area contributed by atoms with E-state index in [4.69, 9.17) is 39.5 Å². The van der Waals surface area contributed by atoms with Crippen molar-refractivity contribution in [2.24, 2.45) is 5.92 Å². The molecule has 2 atom stereocenters. The van der Waals surface area contributed by atoms with E-state index < -0.39 is 11.5 Å². The minimum absolute atomic E-state index is 0.0329. The summed E-state index contributed by atoms with van der Waals surface area (Å²) in [6.07, 6.45) is 0. The van der Waals surface area contributed by atoms with Gasteiger partial charge in [-0.25, -0.2) is 0 Å². The minimum atomic E-state index is -0.720. The van der Waals surface area contributed by atoms with Gasteiger partial charge < -0.3 is 4.74 Å². The molecule has 0 spiro atoms. The molecule has 11 heavy (non-hydrogen) atoms. The fourth-order valence-corrected chi connectivity index (χ4v) is 1.54. The maximum absolute atomic E-state index is 10.8. The third-order valence-electron chi connectivity index (χ3n) is 1.23. The number of ketones is 1. The zero-order valence-corrected chi connectivity index (χ0v) is 8.29. The average Bonchev–Trinajstić information content (AvgIpc) is 1.88. The van der Waals surface area contributed by atoms with Crippen LogP contribution in [0.1, 0.15) is 6.92 Å². The average molecular weight is 219 g/mol. The van der Waals surface area contributed by atoms with Gasteiger partial charge in [0.15, 0.2) is 0 Å². The standard InChI is InChI=1S/C6H9Cl3O2/c1-4(10)5(2-7)6(9)11-3-8/h5-6H,2-3H2,1H3. The van der Waals surface area contributed by atoms with Gasteiger partial charge in [0, 0.05) is 5.88 Å². The molecule has 0 N–H and O–H groups in total. The topological polar surface area (TPSA) is 26.3 Å². The second-order valence-corrected chi connectivity index (χ2v) is 2.96. The first-order valence-electron chi connectivity index (χ1n) is 3.01. The molecule has 0 aliphatic carbocycles. The Morgan fingerprint density at radius 2 is 2.09 bits per heavy atom. The number of carbonyl (C=O) groups is 1. The molecule has 0 heterocycles. The van der Waals surface area contributed by atoms with Gasteiger partial charge in [-0.1, -0.05) is 23.2 Å². The Labute approximate surface area is 80.7 Å². The molecule has 5 heteroatoms. The van der Waals surface area contributed by atoms with Crippen molar-refractivity contribution >= 4 is 40.6 Å². The van der Waals surface area contributed by atoms with Gasteiger partial charge >= 0.3 is 0 Å². The van der Waals surface area contributed by atoms with Crippen molar-refractivity contribution in [1.29, 1.82) is 0 Å². The first kappa shape index (κ1) is 11.5. The lowest BCUT2D eigenvalue weighted by Crippen LogP contribution is -2.26. The molecule has 2 unspecified atom stereocenters. The zero-order chi connectivity index (χ0) is 8.85. The SMILES string of the molecule is CC(=O)C(CCl)C(Cl)OCCl. The van der Waals surface area contributed by atoms with Gasteiger partial charge in [-0.15, -0.1) is 11.6 Å². The third-order valence-corrected chi connectivity index (χ3v) is 2.12. The van der Waals surface area contributed by atoms with Crippen molar-refractivity contribution in [2.75, 3.05) is 11.9 Å². The van der Waals surface area contributed by atoms with Gasteiger partial charge in [0.1, 0.15) is 17.4 Å². The Kier molecular flexibility index (Phi) is 6.34. The van der Waals surface area contributed by atoms with Crippen molar-refractivity contribution < 1.29 is 9.53 Å². The first-order chi connectivity index (χ1) is 5.13. The Hall–Kier alpha value is 0.500. The summed E-state index contributed by atoms with van der Waals surface area (Å²) in [6.45, 7) is 1.42. The predicted molar refractivity (Wildman–Crippen MR) is 46.3 cm³/mol. The van der Waals surface area contributed by atoms with Crippen LogP contribution in [0.5, 0.6) is 0 Å². The van der Waals surface area contributed by atoms with Crippen LogP contribution in [0.2, 0.25) is 0 Å². The van der Waals surface area contributed by atoms with E-state index in [9.17, 15) is 4.79 Å². The van der Waals surface area contributed by atoms with Gasteiger partial charge in [-0.05, 0) is 6.92 Å². The molecular formula is C6H9Cl3O2. The van der Waals surface area contributed by atoms with Crippen LogP contribution in [-0.2, 0) is 9.53 Å². The van der Waals surface area contributed by atoms with Crippen molar-refractivity contribution in [3.05, 3.63) is 0 Å². The van der Waals surface area contributed by atoms with E-state index in [-0.39, 0.29) is 17.7 Å². The maximum Gasteiger partial charge on any atom is 0.143 e. The molecule has 0 aliphatic rings. The second-order valence-electron chi connectivity index (χ2n) is 2.00. The Balaban J connectivity index is 3.91. The predicted octanol–water partition coefficient (Wildman–Crippen LogP) is 2.21. The number of ether oxygens (including phenoxy) is 1.